The zero-order chi connectivity index (χ0) is 13.7. The summed E-state index contributed by atoms with van der Waals surface area (Å²) in [6, 6.07) is 12.1. The fourth-order valence-corrected chi connectivity index (χ4v) is 2.18. The Morgan fingerprint density at radius 3 is 2.79 bits per heavy atom. The van der Waals surface area contributed by atoms with Gasteiger partial charge in [0.2, 0.25) is 0 Å². The summed E-state index contributed by atoms with van der Waals surface area (Å²) >= 11 is 0. The highest BCUT2D eigenvalue weighted by molar-refractivity contribution is 5.82. The molecule has 3 heteroatoms. The van der Waals surface area contributed by atoms with Gasteiger partial charge in [0, 0.05) is 19.0 Å². The zero-order valence-corrected chi connectivity index (χ0v) is 11.6. The minimum Gasteiger partial charge on any atom is -0.359 e. The van der Waals surface area contributed by atoms with Crippen LogP contribution in [0.4, 0.5) is 5.82 Å². The zero-order valence-electron chi connectivity index (χ0n) is 11.6. The Balaban J connectivity index is 2.33. The number of fused-ring (bicyclic) bond motifs is 1. The molecule has 1 heterocycles. The summed E-state index contributed by atoms with van der Waals surface area (Å²) in [5.41, 5.74) is 1.59. The summed E-state index contributed by atoms with van der Waals surface area (Å²) in [5.74, 6) is 0.789. The van der Waals surface area contributed by atoms with Crippen molar-refractivity contribution in [2.75, 3.05) is 18.5 Å². The molecular formula is C16H19N3. The van der Waals surface area contributed by atoms with Crippen molar-refractivity contribution in [3.05, 3.63) is 35.9 Å². The second-order valence-corrected chi connectivity index (χ2v) is 4.79. The first-order valence-corrected chi connectivity index (χ1v) is 6.77. The summed E-state index contributed by atoms with van der Waals surface area (Å²) in [6.07, 6.45) is 3.54. The topological polar surface area (TPSA) is 39.9 Å². The predicted molar refractivity (Wildman–Crippen MR) is 79.3 cm³/mol. The van der Waals surface area contributed by atoms with E-state index < -0.39 is 0 Å². The molecule has 0 atom stereocenters. The molecule has 0 saturated heterocycles. The van der Waals surface area contributed by atoms with Crippen LogP contribution in [0.1, 0.15) is 31.7 Å². The first-order valence-electron chi connectivity index (χ1n) is 6.77. The van der Waals surface area contributed by atoms with E-state index >= 15 is 0 Å². The summed E-state index contributed by atoms with van der Waals surface area (Å²) in [4.78, 5) is 6.71. The van der Waals surface area contributed by atoms with E-state index in [9.17, 15) is 5.26 Å². The average molecular weight is 253 g/mol. The monoisotopic (exact) mass is 253 g/mol. The van der Waals surface area contributed by atoms with Gasteiger partial charge in [-0.05, 0) is 18.6 Å². The van der Waals surface area contributed by atoms with Gasteiger partial charge in [0.15, 0.2) is 0 Å². The van der Waals surface area contributed by atoms with Crippen LogP contribution >= 0.6 is 0 Å². The fourth-order valence-electron chi connectivity index (χ4n) is 2.18. The van der Waals surface area contributed by atoms with E-state index in [1.807, 2.05) is 37.4 Å². The molecule has 0 bridgehead atoms. The second-order valence-electron chi connectivity index (χ2n) is 4.79. The number of unbranched alkanes of at least 4 members (excludes halogenated alkanes) is 2. The van der Waals surface area contributed by atoms with Gasteiger partial charge >= 0.3 is 0 Å². The lowest BCUT2D eigenvalue weighted by molar-refractivity contribution is 0.701. The molecule has 0 aliphatic carbocycles. The summed E-state index contributed by atoms with van der Waals surface area (Å²) in [7, 11) is 2.01. The maximum absolute atomic E-state index is 9.28. The number of pyridine rings is 1. The van der Waals surface area contributed by atoms with Crippen LogP contribution in [0.5, 0.6) is 0 Å². The SMILES string of the molecule is CCCCCN(C)c1nc2ccccc2cc1C#N. The Hall–Kier alpha value is -2.08. The highest BCUT2D eigenvalue weighted by Crippen LogP contribution is 2.22. The van der Waals surface area contributed by atoms with Crippen LogP contribution in [0, 0.1) is 11.3 Å². The first kappa shape index (κ1) is 13.4. The van der Waals surface area contributed by atoms with Crippen LogP contribution in [0.15, 0.2) is 30.3 Å². The molecule has 0 N–H and O–H groups in total. The van der Waals surface area contributed by atoms with Crippen molar-refractivity contribution < 1.29 is 0 Å². The molecule has 2 rings (SSSR count). The molecule has 2 aromatic rings. The Kier molecular flexibility index (Phi) is 4.35. The van der Waals surface area contributed by atoms with Crippen molar-refractivity contribution in [3.8, 4) is 6.07 Å². The minimum absolute atomic E-state index is 0.651. The van der Waals surface area contributed by atoms with Crippen LogP contribution in [-0.4, -0.2) is 18.6 Å². The highest BCUT2D eigenvalue weighted by atomic mass is 15.2. The van der Waals surface area contributed by atoms with Gasteiger partial charge in [0.25, 0.3) is 0 Å². The number of nitriles is 1. The molecule has 0 aliphatic heterocycles. The fraction of sp³-hybridized carbons (Fsp3) is 0.375. The Morgan fingerprint density at radius 2 is 2.05 bits per heavy atom. The summed E-state index contributed by atoms with van der Waals surface area (Å²) < 4.78 is 0. The van der Waals surface area contributed by atoms with Gasteiger partial charge in [-0.1, -0.05) is 38.0 Å². The van der Waals surface area contributed by atoms with Crippen LogP contribution in [0.2, 0.25) is 0 Å². The Morgan fingerprint density at radius 1 is 1.26 bits per heavy atom. The molecule has 0 aliphatic rings. The molecule has 0 spiro atoms. The number of aromatic nitrogens is 1. The van der Waals surface area contributed by atoms with Crippen molar-refractivity contribution >= 4 is 16.7 Å². The van der Waals surface area contributed by atoms with Gasteiger partial charge in [0.05, 0.1) is 11.1 Å². The number of hydrogen-bond acceptors (Lipinski definition) is 3. The summed E-state index contributed by atoms with van der Waals surface area (Å²) in [6.45, 7) is 3.13. The van der Waals surface area contributed by atoms with E-state index in [2.05, 4.69) is 22.9 Å². The third-order valence-corrected chi connectivity index (χ3v) is 3.28. The van der Waals surface area contributed by atoms with Crippen LogP contribution in [0.3, 0.4) is 0 Å². The lowest BCUT2D eigenvalue weighted by atomic mass is 10.1. The number of benzene rings is 1. The molecule has 1 aromatic carbocycles. The van der Waals surface area contributed by atoms with E-state index in [-0.39, 0.29) is 0 Å². The van der Waals surface area contributed by atoms with Crippen molar-refractivity contribution in [1.29, 1.82) is 5.26 Å². The number of rotatable bonds is 5. The standard InChI is InChI=1S/C16H19N3/c1-3-4-7-10-19(2)16-14(12-17)11-13-8-5-6-9-15(13)18-16/h5-6,8-9,11H,3-4,7,10H2,1-2H3. The van der Waals surface area contributed by atoms with E-state index in [4.69, 9.17) is 0 Å². The number of nitrogens with zero attached hydrogens (tertiary/aromatic N) is 3. The molecule has 0 saturated carbocycles. The third kappa shape index (κ3) is 3.03. The van der Waals surface area contributed by atoms with Crippen LogP contribution in [-0.2, 0) is 0 Å². The maximum atomic E-state index is 9.28. The second kappa shape index (κ2) is 6.19. The Labute approximate surface area is 114 Å². The maximum Gasteiger partial charge on any atom is 0.146 e. The molecule has 0 unspecified atom stereocenters. The normalized spacial score (nSPS) is 10.4. The summed E-state index contributed by atoms with van der Waals surface area (Å²) in [5, 5.41) is 10.3. The lowest BCUT2D eigenvalue weighted by Gasteiger charge is -2.19. The van der Waals surface area contributed by atoms with Crippen molar-refractivity contribution in [1.82, 2.24) is 4.98 Å². The molecule has 1 aromatic heterocycles. The largest absolute Gasteiger partial charge is 0.359 e. The van der Waals surface area contributed by atoms with Gasteiger partial charge in [-0.3, -0.25) is 0 Å². The quantitative estimate of drug-likeness (QED) is 0.762. The van der Waals surface area contributed by atoms with Gasteiger partial charge in [0.1, 0.15) is 11.9 Å². The van der Waals surface area contributed by atoms with Crippen molar-refractivity contribution in [2.24, 2.45) is 0 Å². The number of para-hydroxylation sites is 1. The van der Waals surface area contributed by atoms with Gasteiger partial charge in [-0.15, -0.1) is 0 Å². The predicted octanol–water partition coefficient (Wildman–Crippen LogP) is 3.73. The third-order valence-electron chi connectivity index (χ3n) is 3.28. The van der Waals surface area contributed by atoms with Crippen LogP contribution in [0.25, 0.3) is 10.9 Å². The first-order chi connectivity index (χ1) is 9.26. The highest BCUT2D eigenvalue weighted by Gasteiger charge is 2.10. The molecule has 0 amide bonds. The number of anilines is 1. The number of hydrogen-bond donors (Lipinski definition) is 0. The van der Waals surface area contributed by atoms with E-state index in [1.165, 1.54) is 12.8 Å². The van der Waals surface area contributed by atoms with E-state index in [0.717, 1.165) is 29.7 Å². The van der Waals surface area contributed by atoms with E-state index in [1.54, 1.807) is 0 Å². The molecular weight excluding hydrogens is 234 g/mol. The van der Waals surface area contributed by atoms with Crippen molar-refractivity contribution in [3.63, 3.8) is 0 Å². The van der Waals surface area contributed by atoms with Gasteiger partial charge in [-0.25, -0.2) is 4.98 Å². The smallest absolute Gasteiger partial charge is 0.146 e. The molecule has 98 valence electrons. The molecule has 0 radical (unpaired) electrons. The van der Waals surface area contributed by atoms with E-state index in [0.29, 0.717) is 5.56 Å². The lowest BCUT2D eigenvalue weighted by Crippen LogP contribution is -2.20. The molecule has 0 fully saturated rings. The van der Waals surface area contributed by atoms with Crippen LogP contribution < -0.4 is 4.90 Å². The average Bonchev–Trinajstić information content (AvgIpc) is 2.46. The minimum atomic E-state index is 0.651. The molecule has 19 heavy (non-hydrogen) atoms. The molecule has 3 nitrogen and oxygen atoms in total. The van der Waals surface area contributed by atoms with Crippen molar-refractivity contribution in [2.45, 2.75) is 26.2 Å². The van der Waals surface area contributed by atoms with Gasteiger partial charge < -0.3 is 4.90 Å². The Bertz CT molecular complexity index is 598. The van der Waals surface area contributed by atoms with Gasteiger partial charge in [-0.2, -0.15) is 5.26 Å².